The number of para-hydroxylation sites is 1. The summed E-state index contributed by atoms with van der Waals surface area (Å²) in [4.78, 5) is 0. The van der Waals surface area contributed by atoms with Crippen LogP contribution < -0.4 is 10.1 Å². The maximum Gasteiger partial charge on any atom is 0.124 e. The summed E-state index contributed by atoms with van der Waals surface area (Å²) in [5.41, 5.74) is 1.38. The lowest BCUT2D eigenvalue weighted by atomic mass is 9.99. The van der Waals surface area contributed by atoms with Gasteiger partial charge >= 0.3 is 0 Å². The van der Waals surface area contributed by atoms with Crippen molar-refractivity contribution in [3.63, 3.8) is 0 Å². The average Bonchev–Trinajstić information content (AvgIpc) is 2.84. The lowest BCUT2D eigenvalue weighted by molar-refractivity contribution is 0.247. The number of nitrogens with one attached hydrogen (secondary N) is 1. The molecule has 1 aliphatic heterocycles. The van der Waals surface area contributed by atoms with Crippen LogP contribution in [0.4, 0.5) is 0 Å². The highest BCUT2D eigenvalue weighted by Crippen LogP contribution is 2.66. The van der Waals surface area contributed by atoms with Crippen molar-refractivity contribution in [1.82, 2.24) is 5.32 Å². The van der Waals surface area contributed by atoms with Crippen molar-refractivity contribution in [1.29, 1.82) is 0 Å². The average molecular weight is 255 g/mol. The van der Waals surface area contributed by atoms with Gasteiger partial charge in [-0.05, 0) is 49.0 Å². The Morgan fingerprint density at radius 1 is 1.00 bits per heavy atom. The SMILES string of the molecule is c1ccc2c(c1)OCCC2NC1C2C3CCC(C3)C12. The van der Waals surface area contributed by atoms with E-state index in [1.54, 1.807) is 0 Å². The van der Waals surface area contributed by atoms with Gasteiger partial charge in [-0.2, -0.15) is 0 Å². The van der Waals surface area contributed by atoms with Crippen molar-refractivity contribution in [2.45, 2.75) is 37.8 Å². The van der Waals surface area contributed by atoms with Crippen LogP contribution in [0.3, 0.4) is 0 Å². The second-order valence-electron chi connectivity index (χ2n) is 6.91. The molecule has 2 bridgehead atoms. The van der Waals surface area contributed by atoms with E-state index < -0.39 is 0 Å². The molecule has 1 aromatic carbocycles. The molecule has 3 saturated carbocycles. The van der Waals surface area contributed by atoms with E-state index in [-0.39, 0.29) is 0 Å². The second-order valence-corrected chi connectivity index (χ2v) is 6.91. The number of hydrogen-bond donors (Lipinski definition) is 1. The number of hydrogen-bond acceptors (Lipinski definition) is 2. The molecular weight excluding hydrogens is 234 g/mol. The molecule has 5 rings (SSSR count). The lowest BCUT2D eigenvalue weighted by Gasteiger charge is -2.27. The lowest BCUT2D eigenvalue weighted by Crippen LogP contribution is -2.31. The first-order chi connectivity index (χ1) is 9.42. The summed E-state index contributed by atoms with van der Waals surface area (Å²) in [6.07, 6.45) is 5.68. The van der Waals surface area contributed by atoms with E-state index in [1.807, 2.05) is 0 Å². The highest BCUT2D eigenvalue weighted by atomic mass is 16.5. The Labute approximate surface area is 114 Å². The second kappa shape index (κ2) is 3.76. The van der Waals surface area contributed by atoms with Gasteiger partial charge in [0.15, 0.2) is 0 Å². The van der Waals surface area contributed by atoms with Crippen LogP contribution in [0.5, 0.6) is 5.75 Å². The normalized spacial score (nSPS) is 45.5. The summed E-state index contributed by atoms with van der Waals surface area (Å²) in [5.74, 6) is 5.26. The number of fused-ring (bicyclic) bond motifs is 6. The van der Waals surface area contributed by atoms with Gasteiger partial charge in [0.1, 0.15) is 5.75 Å². The first-order valence-electron chi connectivity index (χ1n) is 7.89. The highest BCUT2D eigenvalue weighted by Gasteiger charge is 2.65. The third-order valence-corrected chi connectivity index (χ3v) is 6.09. The van der Waals surface area contributed by atoms with Crippen molar-refractivity contribution >= 4 is 0 Å². The highest BCUT2D eigenvalue weighted by molar-refractivity contribution is 5.37. The Bertz CT molecular complexity index is 498. The van der Waals surface area contributed by atoms with Crippen molar-refractivity contribution < 1.29 is 4.74 Å². The molecule has 0 aromatic heterocycles. The molecule has 0 spiro atoms. The minimum atomic E-state index is 0.528. The molecular formula is C17H21NO. The Balaban J connectivity index is 1.36. The van der Waals surface area contributed by atoms with Crippen LogP contribution >= 0.6 is 0 Å². The van der Waals surface area contributed by atoms with Crippen molar-refractivity contribution in [2.75, 3.05) is 6.61 Å². The van der Waals surface area contributed by atoms with Gasteiger partial charge < -0.3 is 10.1 Å². The number of rotatable bonds is 2. The minimum absolute atomic E-state index is 0.528. The standard InChI is InChI=1S/C17H21NO/c1-2-4-14-12(3-1)13(7-8-19-14)18-17-15-10-5-6-11(9-10)16(15)17/h1-4,10-11,13,15-18H,5-9H2. The molecule has 4 aliphatic rings. The van der Waals surface area contributed by atoms with E-state index in [2.05, 4.69) is 29.6 Å². The first kappa shape index (κ1) is 10.7. The minimum Gasteiger partial charge on any atom is -0.493 e. The molecule has 19 heavy (non-hydrogen) atoms. The molecule has 2 heteroatoms. The zero-order valence-corrected chi connectivity index (χ0v) is 11.2. The maximum atomic E-state index is 5.76. The van der Waals surface area contributed by atoms with E-state index in [0.29, 0.717) is 6.04 Å². The van der Waals surface area contributed by atoms with Crippen LogP contribution in [0.15, 0.2) is 24.3 Å². The van der Waals surface area contributed by atoms with Gasteiger partial charge in [0.25, 0.3) is 0 Å². The topological polar surface area (TPSA) is 21.3 Å². The molecule has 0 amide bonds. The van der Waals surface area contributed by atoms with Crippen LogP contribution in [0.1, 0.15) is 37.3 Å². The fourth-order valence-electron chi connectivity index (χ4n) is 5.30. The Hall–Kier alpha value is -1.02. The monoisotopic (exact) mass is 255 g/mol. The first-order valence-corrected chi connectivity index (χ1v) is 7.89. The molecule has 1 N–H and O–H groups in total. The molecule has 3 aliphatic carbocycles. The van der Waals surface area contributed by atoms with E-state index in [4.69, 9.17) is 4.74 Å². The van der Waals surface area contributed by atoms with E-state index in [1.165, 1.54) is 24.8 Å². The predicted molar refractivity (Wildman–Crippen MR) is 74.0 cm³/mol. The number of ether oxygens (including phenoxy) is 1. The van der Waals surface area contributed by atoms with Crippen LogP contribution in [0.25, 0.3) is 0 Å². The summed E-state index contributed by atoms with van der Waals surface area (Å²) in [6.45, 7) is 0.865. The Kier molecular flexibility index (Phi) is 2.12. The van der Waals surface area contributed by atoms with E-state index in [0.717, 1.165) is 48.5 Å². The van der Waals surface area contributed by atoms with Gasteiger partial charge in [0.05, 0.1) is 6.61 Å². The number of benzene rings is 1. The summed E-state index contributed by atoms with van der Waals surface area (Å²) >= 11 is 0. The van der Waals surface area contributed by atoms with Gasteiger partial charge in [-0.25, -0.2) is 0 Å². The Morgan fingerprint density at radius 2 is 1.79 bits per heavy atom. The van der Waals surface area contributed by atoms with Crippen LogP contribution in [0, 0.1) is 23.7 Å². The van der Waals surface area contributed by atoms with Crippen molar-refractivity contribution in [2.24, 2.45) is 23.7 Å². The van der Waals surface area contributed by atoms with E-state index in [9.17, 15) is 0 Å². The largest absolute Gasteiger partial charge is 0.493 e. The summed E-state index contributed by atoms with van der Waals surface area (Å²) in [5, 5.41) is 3.97. The van der Waals surface area contributed by atoms with Gasteiger partial charge in [-0.1, -0.05) is 18.2 Å². The van der Waals surface area contributed by atoms with Gasteiger partial charge in [-0.15, -0.1) is 0 Å². The molecule has 0 saturated heterocycles. The summed E-state index contributed by atoms with van der Waals surface area (Å²) in [7, 11) is 0. The van der Waals surface area contributed by atoms with Gasteiger partial charge in [0, 0.05) is 24.1 Å². The molecule has 1 aromatic rings. The van der Waals surface area contributed by atoms with Crippen molar-refractivity contribution in [3.8, 4) is 5.75 Å². The summed E-state index contributed by atoms with van der Waals surface area (Å²) in [6, 6.07) is 9.91. The van der Waals surface area contributed by atoms with Gasteiger partial charge in [0.2, 0.25) is 0 Å². The molecule has 1 heterocycles. The molecule has 2 nitrogen and oxygen atoms in total. The smallest absolute Gasteiger partial charge is 0.124 e. The quantitative estimate of drug-likeness (QED) is 0.876. The predicted octanol–water partition coefficient (Wildman–Crippen LogP) is 3.14. The van der Waals surface area contributed by atoms with Crippen molar-refractivity contribution in [3.05, 3.63) is 29.8 Å². The van der Waals surface area contributed by atoms with E-state index >= 15 is 0 Å². The molecule has 100 valence electrons. The Morgan fingerprint density at radius 3 is 2.63 bits per heavy atom. The maximum absolute atomic E-state index is 5.76. The van der Waals surface area contributed by atoms with Crippen LogP contribution in [-0.2, 0) is 0 Å². The third kappa shape index (κ3) is 1.47. The zero-order chi connectivity index (χ0) is 12.4. The van der Waals surface area contributed by atoms with Crippen LogP contribution in [0.2, 0.25) is 0 Å². The fraction of sp³-hybridized carbons (Fsp3) is 0.647. The third-order valence-electron chi connectivity index (χ3n) is 6.09. The molecule has 5 unspecified atom stereocenters. The molecule has 5 atom stereocenters. The zero-order valence-electron chi connectivity index (χ0n) is 11.2. The summed E-state index contributed by atoms with van der Waals surface area (Å²) < 4.78 is 5.76. The van der Waals surface area contributed by atoms with Crippen LogP contribution in [-0.4, -0.2) is 12.6 Å². The fourth-order valence-corrected chi connectivity index (χ4v) is 5.30. The molecule has 0 radical (unpaired) electrons. The molecule has 3 fully saturated rings. The van der Waals surface area contributed by atoms with Gasteiger partial charge in [-0.3, -0.25) is 0 Å².